The maximum Gasteiger partial charge on any atom is 0.410 e. The Bertz CT molecular complexity index is 2710. The molecule has 7 aliphatic rings. The number of aromatic nitrogens is 1. The Morgan fingerprint density at radius 1 is 0.920 bits per heavy atom. The van der Waals surface area contributed by atoms with Gasteiger partial charge in [-0.3, -0.25) is 14.6 Å². The molecular formula is C63H93Cl2N5O17. The van der Waals surface area contributed by atoms with Crippen molar-refractivity contribution in [2.75, 3.05) is 72.2 Å². The molecule has 1 saturated carbocycles. The molecule has 6 saturated heterocycles. The first-order valence-corrected chi connectivity index (χ1v) is 32.0. The summed E-state index contributed by atoms with van der Waals surface area (Å²) in [6.45, 7) is 18.4. The molecule has 18 atom stereocenters. The SMILES string of the molecule is CC[C@H]1OC(=O)[C@H](C)[C@@H](O[C@H]2C[C@@](C)(OC)[C@@H](O)[C@H](C)O2)[C@H](C)[C@@H](O[C@@H]2O[C@H](C)C[C@H](N(C)C(=O)N3CCOCC3)[C@H]2O)[C@@]2(C)C[C@@H](CO2)C(=O)[C@H](C)[C@H]2N(CCCN(Cc3c(Cl)cncc3Cl)c3ccc(OC)c(OC4CCCC4)c3)C(=O)O[C@]12C. The number of urea groups is 1. The van der Waals surface area contributed by atoms with Gasteiger partial charge in [-0.15, -0.1) is 0 Å². The number of benzene rings is 1. The Morgan fingerprint density at radius 3 is 2.29 bits per heavy atom. The number of carbonyl (C=O) groups is 4. The molecule has 7 heterocycles. The molecule has 486 valence electrons. The van der Waals surface area contributed by atoms with E-state index in [4.69, 9.17) is 75.3 Å². The van der Waals surface area contributed by atoms with Gasteiger partial charge in [0.25, 0.3) is 0 Å². The highest BCUT2D eigenvalue weighted by molar-refractivity contribution is 6.35. The summed E-state index contributed by atoms with van der Waals surface area (Å²) in [4.78, 5) is 70.7. The predicted molar refractivity (Wildman–Crippen MR) is 321 cm³/mol. The molecule has 0 unspecified atom stereocenters. The number of esters is 1. The van der Waals surface area contributed by atoms with Crippen molar-refractivity contribution < 1.29 is 81.5 Å². The Kier molecular flexibility index (Phi) is 21.6. The van der Waals surface area contributed by atoms with E-state index in [1.807, 2.05) is 45.9 Å². The van der Waals surface area contributed by atoms with Crippen molar-refractivity contribution >= 4 is 52.8 Å². The Labute approximate surface area is 522 Å². The quantitative estimate of drug-likeness (QED) is 0.142. The summed E-state index contributed by atoms with van der Waals surface area (Å²) in [7, 11) is 4.77. The first-order chi connectivity index (χ1) is 41.3. The molecule has 1 aromatic carbocycles. The topological polar surface area (TPSA) is 236 Å². The fourth-order valence-electron chi connectivity index (χ4n) is 14.7. The molecular weight excluding hydrogens is 1170 g/mol. The molecule has 0 radical (unpaired) electrons. The van der Waals surface area contributed by atoms with Gasteiger partial charge in [-0.25, -0.2) is 9.59 Å². The lowest BCUT2D eigenvalue weighted by Gasteiger charge is -2.49. The van der Waals surface area contributed by atoms with E-state index in [1.54, 1.807) is 71.0 Å². The molecule has 0 spiro atoms. The monoisotopic (exact) mass is 1260 g/mol. The van der Waals surface area contributed by atoms with Crippen LogP contribution in [0.25, 0.3) is 0 Å². The number of hydrogen-bond donors (Lipinski definition) is 2. The number of anilines is 1. The molecule has 3 amide bonds. The van der Waals surface area contributed by atoms with Gasteiger partial charge in [0.2, 0.25) is 0 Å². The van der Waals surface area contributed by atoms with Crippen LogP contribution in [0.15, 0.2) is 30.6 Å². The number of aliphatic hydroxyl groups is 2. The third kappa shape index (κ3) is 14.1. The molecule has 1 aliphatic carbocycles. The Hall–Kier alpha value is -4.33. The van der Waals surface area contributed by atoms with E-state index in [-0.39, 0.29) is 56.9 Å². The number of morpholine rings is 1. The number of rotatable bonds is 17. The van der Waals surface area contributed by atoms with E-state index >= 15 is 9.59 Å². The van der Waals surface area contributed by atoms with Gasteiger partial charge < -0.3 is 81.9 Å². The van der Waals surface area contributed by atoms with Crippen LogP contribution in [0.4, 0.5) is 15.3 Å². The molecule has 2 aromatic rings. The lowest BCUT2D eigenvalue weighted by atomic mass is 9.74. The third-order valence-electron chi connectivity index (χ3n) is 19.8. The van der Waals surface area contributed by atoms with Gasteiger partial charge in [0.15, 0.2) is 29.7 Å². The number of ketones is 1. The number of pyridine rings is 1. The molecule has 2 bridgehead atoms. The van der Waals surface area contributed by atoms with E-state index in [2.05, 4.69) is 9.88 Å². The van der Waals surface area contributed by atoms with Crippen LogP contribution in [0.5, 0.6) is 11.5 Å². The number of fused-ring (bicyclic) bond motifs is 3. The smallest absolute Gasteiger partial charge is 0.410 e. The fraction of sp³-hybridized carbons (Fsp3) is 0.762. The van der Waals surface area contributed by atoms with Crippen molar-refractivity contribution in [2.24, 2.45) is 23.7 Å². The first kappa shape index (κ1) is 67.1. The summed E-state index contributed by atoms with van der Waals surface area (Å²) in [5.74, 6) is -3.22. The van der Waals surface area contributed by atoms with Crippen molar-refractivity contribution in [3.63, 3.8) is 0 Å². The second-order valence-corrected chi connectivity index (χ2v) is 26.6. The molecule has 1 aromatic heterocycles. The minimum absolute atomic E-state index is 0.0289. The minimum Gasteiger partial charge on any atom is -0.493 e. The Morgan fingerprint density at radius 2 is 1.62 bits per heavy atom. The van der Waals surface area contributed by atoms with Crippen molar-refractivity contribution in [3.05, 3.63) is 46.2 Å². The number of halogens is 2. The fourth-order valence-corrected chi connectivity index (χ4v) is 15.2. The van der Waals surface area contributed by atoms with Crippen molar-refractivity contribution in [1.29, 1.82) is 0 Å². The largest absolute Gasteiger partial charge is 0.493 e. The maximum atomic E-state index is 15.6. The van der Waals surface area contributed by atoms with Gasteiger partial charge in [-0.05, 0) is 105 Å². The lowest BCUT2D eigenvalue weighted by Crippen LogP contribution is -2.62. The standard InChI is InChI=1S/C63H93Cl2N5O17/c1-13-49-63(9)54(70(60(76)87-63)22-16-21-69(33-43-44(64)31-66-32-45(43)65)41-19-20-47(77-11)48(28-41)83-42-17-14-15-18-42)36(3)51(71)40-29-62(8,80-34-40)56(86-58-52(72)46(27-35(2)81-58)67(10)59(75)68-23-25-79-26-24-68)37(4)53(38(5)57(74)84-49)85-50-30-61(7,78-12)55(73)39(6)82-50/h19-20,28,31-32,35-40,42,46,49-50,52-56,58,72-73H,13-18,21-27,29-30,33-34H2,1-12H3/t35-,36+,37+,38-,39+,40+,46+,49-,50+,52-,53+,54-,55+,56-,58+,61-,62-,63-/m1/s1. The van der Waals surface area contributed by atoms with E-state index in [0.717, 1.165) is 31.4 Å². The van der Waals surface area contributed by atoms with E-state index in [1.165, 1.54) is 12.0 Å². The number of Topliss-reactive ketones (excluding diaryl/α,β-unsaturated/α-hetero) is 1. The van der Waals surface area contributed by atoms with Crippen molar-refractivity contribution in [2.45, 2.75) is 217 Å². The highest BCUT2D eigenvalue weighted by Crippen LogP contribution is 2.48. The van der Waals surface area contributed by atoms with Crippen LogP contribution in [-0.4, -0.2) is 211 Å². The van der Waals surface area contributed by atoms with Crippen LogP contribution in [0.3, 0.4) is 0 Å². The van der Waals surface area contributed by atoms with Gasteiger partial charge >= 0.3 is 18.1 Å². The Balaban J connectivity index is 1.05. The number of ether oxygens (including phenoxy) is 11. The lowest BCUT2D eigenvalue weighted by molar-refractivity contribution is -0.317. The average Bonchev–Trinajstić information content (AvgIpc) is 1.67. The van der Waals surface area contributed by atoms with Gasteiger partial charge in [0.05, 0.1) is 96.7 Å². The number of amides is 3. The molecule has 22 nitrogen and oxygen atoms in total. The zero-order valence-electron chi connectivity index (χ0n) is 52.7. The zero-order chi connectivity index (χ0) is 62.9. The number of aliphatic hydroxyl groups excluding tert-OH is 2. The van der Waals surface area contributed by atoms with Crippen LogP contribution in [-0.2, 0) is 58.8 Å². The molecule has 6 aliphatic heterocycles. The number of hydrogen-bond acceptors (Lipinski definition) is 19. The van der Waals surface area contributed by atoms with Crippen LogP contribution >= 0.6 is 23.2 Å². The summed E-state index contributed by atoms with van der Waals surface area (Å²) < 4.78 is 70.6. The predicted octanol–water partition coefficient (Wildman–Crippen LogP) is 8.22. The second kappa shape index (κ2) is 28.0. The van der Waals surface area contributed by atoms with Gasteiger partial charge in [0, 0.05) is 101 Å². The molecule has 2 N–H and O–H groups in total. The molecule has 24 heteroatoms. The summed E-state index contributed by atoms with van der Waals surface area (Å²) in [5.41, 5.74) is -2.52. The van der Waals surface area contributed by atoms with Crippen molar-refractivity contribution in [1.82, 2.24) is 19.7 Å². The molecule has 7 fully saturated rings. The van der Waals surface area contributed by atoms with Gasteiger partial charge in [-0.1, -0.05) is 44.0 Å². The van der Waals surface area contributed by atoms with Gasteiger partial charge in [0.1, 0.15) is 24.1 Å². The second-order valence-electron chi connectivity index (χ2n) is 25.8. The first-order valence-electron chi connectivity index (χ1n) is 31.2. The summed E-state index contributed by atoms with van der Waals surface area (Å²) in [6, 6.07) is 3.81. The van der Waals surface area contributed by atoms with Crippen LogP contribution < -0.4 is 14.4 Å². The third-order valence-corrected chi connectivity index (χ3v) is 20.4. The van der Waals surface area contributed by atoms with Crippen LogP contribution in [0.1, 0.15) is 126 Å². The number of carbonyl (C=O) groups excluding carboxylic acids is 4. The van der Waals surface area contributed by atoms with Crippen LogP contribution in [0.2, 0.25) is 10.0 Å². The van der Waals surface area contributed by atoms with E-state index in [9.17, 15) is 19.8 Å². The van der Waals surface area contributed by atoms with Crippen LogP contribution in [0, 0.1) is 23.7 Å². The normalized spacial score (nSPS) is 37.1. The average molecular weight is 1260 g/mol. The molecule has 9 rings (SSSR count). The molecule has 87 heavy (non-hydrogen) atoms. The number of methoxy groups -OCH3 is 2. The minimum atomic E-state index is -1.55. The number of cyclic esters (lactones) is 1. The van der Waals surface area contributed by atoms with E-state index < -0.39 is 120 Å². The summed E-state index contributed by atoms with van der Waals surface area (Å²) in [5, 5.41) is 24.4. The number of likely N-dealkylation sites (N-methyl/N-ethyl adjacent to an activating group) is 1. The van der Waals surface area contributed by atoms with Gasteiger partial charge in [-0.2, -0.15) is 0 Å². The van der Waals surface area contributed by atoms with Crippen molar-refractivity contribution in [3.8, 4) is 11.5 Å². The summed E-state index contributed by atoms with van der Waals surface area (Å²) >= 11 is 13.5. The highest BCUT2D eigenvalue weighted by Gasteiger charge is 2.62. The number of nitrogens with zero attached hydrogens (tertiary/aromatic N) is 5. The zero-order valence-corrected chi connectivity index (χ0v) is 54.2. The highest BCUT2D eigenvalue weighted by atomic mass is 35.5. The van der Waals surface area contributed by atoms with E-state index in [0.29, 0.717) is 72.8 Å². The maximum absolute atomic E-state index is 15.6. The summed E-state index contributed by atoms with van der Waals surface area (Å²) in [6.07, 6.45) is -1.62.